The first kappa shape index (κ1) is 14.1. The van der Waals surface area contributed by atoms with Gasteiger partial charge in [-0.2, -0.15) is 0 Å². The predicted octanol–water partition coefficient (Wildman–Crippen LogP) is 4.87. The molecule has 0 saturated heterocycles. The lowest BCUT2D eigenvalue weighted by molar-refractivity contribution is 0.378. The van der Waals surface area contributed by atoms with Crippen molar-refractivity contribution in [3.05, 3.63) is 53.1 Å². The molecule has 0 amide bonds. The Balaban J connectivity index is 2.34. The van der Waals surface area contributed by atoms with Crippen LogP contribution in [-0.4, -0.2) is 5.54 Å². The highest BCUT2D eigenvalue weighted by Crippen LogP contribution is 2.33. The van der Waals surface area contributed by atoms with Crippen molar-refractivity contribution in [2.45, 2.75) is 52.6 Å². The summed E-state index contributed by atoms with van der Waals surface area (Å²) >= 11 is 0. The van der Waals surface area contributed by atoms with E-state index in [1.54, 1.807) is 0 Å². The molecule has 0 aromatic heterocycles. The van der Waals surface area contributed by atoms with Gasteiger partial charge in [0.15, 0.2) is 0 Å². The smallest absolute Gasteiger partial charge is 0.0302 e. The standard InChI is InChI=1S/C18H25N/c1-13-9-8-12-15(13)17-11-7-6-10-16(17)14(2)19-18(3,4)5/h6-11,14,19H,12H2,1-5H3. The zero-order valence-electron chi connectivity index (χ0n) is 12.7. The molecule has 2 rings (SSSR count). The molecular weight excluding hydrogens is 230 g/mol. The van der Waals surface area contributed by atoms with Crippen LogP contribution in [0.15, 0.2) is 42.0 Å². The van der Waals surface area contributed by atoms with Gasteiger partial charge in [-0.15, -0.1) is 0 Å². The first-order valence-electron chi connectivity index (χ1n) is 7.12. The third-order valence-electron chi connectivity index (χ3n) is 3.57. The number of benzene rings is 1. The summed E-state index contributed by atoms with van der Waals surface area (Å²) in [5, 5.41) is 3.67. The van der Waals surface area contributed by atoms with Gasteiger partial charge in [-0.05, 0) is 63.3 Å². The van der Waals surface area contributed by atoms with Crippen LogP contribution in [0.5, 0.6) is 0 Å². The molecule has 1 atom stereocenters. The molecule has 0 fully saturated rings. The van der Waals surface area contributed by atoms with Gasteiger partial charge in [-0.1, -0.05) is 36.4 Å². The van der Waals surface area contributed by atoms with Gasteiger partial charge in [0.2, 0.25) is 0 Å². The summed E-state index contributed by atoms with van der Waals surface area (Å²) in [6, 6.07) is 9.13. The monoisotopic (exact) mass is 255 g/mol. The Morgan fingerprint density at radius 1 is 1.16 bits per heavy atom. The normalized spacial score (nSPS) is 17.1. The van der Waals surface area contributed by atoms with Crippen molar-refractivity contribution in [3.63, 3.8) is 0 Å². The molecule has 102 valence electrons. The highest BCUT2D eigenvalue weighted by molar-refractivity contribution is 5.76. The predicted molar refractivity (Wildman–Crippen MR) is 84.1 cm³/mol. The van der Waals surface area contributed by atoms with Crippen LogP contribution < -0.4 is 5.32 Å². The summed E-state index contributed by atoms with van der Waals surface area (Å²) < 4.78 is 0. The minimum absolute atomic E-state index is 0.129. The van der Waals surface area contributed by atoms with E-state index < -0.39 is 0 Å². The number of rotatable bonds is 3. The van der Waals surface area contributed by atoms with Crippen molar-refractivity contribution >= 4 is 5.57 Å². The molecule has 1 aromatic rings. The van der Waals surface area contributed by atoms with E-state index >= 15 is 0 Å². The van der Waals surface area contributed by atoms with E-state index in [1.807, 2.05) is 0 Å². The highest BCUT2D eigenvalue weighted by Gasteiger charge is 2.19. The van der Waals surface area contributed by atoms with Gasteiger partial charge in [0.05, 0.1) is 0 Å². The summed E-state index contributed by atoms with van der Waals surface area (Å²) in [5.41, 5.74) is 5.79. The minimum atomic E-state index is 0.129. The fraction of sp³-hybridized carbons (Fsp3) is 0.444. The maximum atomic E-state index is 3.67. The number of hydrogen-bond donors (Lipinski definition) is 1. The van der Waals surface area contributed by atoms with Crippen molar-refractivity contribution in [1.82, 2.24) is 5.32 Å². The summed E-state index contributed by atoms with van der Waals surface area (Å²) in [5.74, 6) is 0. The number of allylic oxidation sites excluding steroid dienone is 4. The molecule has 1 N–H and O–H groups in total. The average Bonchev–Trinajstić information content (AvgIpc) is 2.73. The van der Waals surface area contributed by atoms with Gasteiger partial charge < -0.3 is 5.32 Å². The summed E-state index contributed by atoms with van der Waals surface area (Å²) in [7, 11) is 0. The quantitative estimate of drug-likeness (QED) is 0.812. The van der Waals surface area contributed by atoms with E-state index in [-0.39, 0.29) is 5.54 Å². The van der Waals surface area contributed by atoms with E-state index in [4.69, 9.17) is 0 Å². The lowest BCUT2D eigenvalue weighted by atomic mass is 9.92. The molecule has 0 bridgehead atoms. The van der Waals surface area contributed by atoms with Crippen molar-refractivity contribution in [1.29, 1.82) is 0 Å². The van der Waals surface area contributed by atoms with Crippen molar-refractivity contribution < 1.29 is 0 Å². The summed E-state index contributed by atoms with van der Waals surface area (Å²) in [6.45, 7) is 11.1. The second kappa shape index (κ2) is 5.34. The topological polar surface area (TPSA) is 12.0 Å². The van der Waals surface area contributed by atoms with Gasteiger partial charge in [-0.25, -0.2) is 0 Å². The summed E-state index contributed by atoms with van der Waals surface area (Å²) in [6.07, 6.45) is 5.54. The Labute approximate surface area is 117 Å². The van der Waals surface area contributed by atoms with Crippen LogP contribution in [0.3, 0.4) is 0 Å². The van der Waals surface area contributed by atoms with Gasteiger partial charge in [0.25, 0.3) is 0 Å². The molecule has 0 radical (unpaired) electrons. The van der Waals surface area contributed by atoms with Crippen LogP contribution in [0.25, 0.3) is 5.57 Å². The number of hydrogen-bond acceptors (Lipinski definition) is 1. The zero-order chi connectivity index (χ0) is 14.0. The fourth-order valence-electron chi connectivity index (χ4n) is 2.81. The Hall–Kier alpha value is -1.34. The molecule has 1 aromatic carbocycles. The van der Waals surface area contributed by atoms with E-state index in [0.29, 0.717) is 6.04 Å². The maximum absolute atomic E-state index is 3.67. The van der Waals surface area contributed by atoms with E-state index in [1.165, 1.54) is 22.3 Å². The minimum Gasteiger partial charge on any atom is -0.306 e. The molecule has 0 spiro atoms. The van der Waals surface area contributed by atoms with Crippen LogP contribution >= 0.6 is 0 Å². The molecular formula is C18H25N. The molecule has 1 aliphatic carbocycles. The Morgan fingerprint density at radius 3 is 2.42 bits per heavy atom. The molecule has 0 aliphatic heterocycles. The first-order chi connectivity index (χ1) is 8.88. The van der Waals surface area contributed by atoms with Crippen LogP contribution in [0.2, 0.25) is 0 Å². The molecule has 19 heavy (non-hydrogen) atoms. The molecule has 1 nitrogen and oxygen atoms in total. The summed E-state index contributed by atoms with van der Waals surface area (Å²) in [4.78, 5) is 0. The van der Waals surface area contributed by atoms with Crippen LogP contribution in [0, 0.1) is 0 Å². The van der Waals surface area contributed by atoms with Crippen molar-refractivity contribution in [2.75, 3.05) is 0 Å². The lowest BCUT2D eigenvalue weighted by Crippen LogP contribution is -2.37. The first-order valence-corrected chi connectivity index (χ1v) is 7.12. The third kappa shape index (κ3) is 3.36. The Bertz CT molecular complexity index is 515. The molecule has 1 aliphatic rings. The fourth-order valence-corrected chi connectivity index (χ4v) is 2.81. The zero-order valence-corrected chi connectivity index (χ0v) is 12.7. The van der Waals surface area contributed by atoms with Gasteiger partial charge in [0, 0.05) is 11.6 Å². The largest absolute Gasteiger partial charge is 0.306 e. The number of nitrogens with one attached hydrogen (secondary N) is 1. The Morgan fingerprint density at radius 2 is 1.84 bits per heavy atom. The van der Waals surface area contributed by atoms with Crippen molar-refractivity contribution in [2.24, 2.45) is 0 Å². The van der Waals surface area contributed by atoms with Crippen LogP contribution in [0.1, 0.15) is 58.2 Å². The van der Waals surface area contributed by atoms with Crippen LogP contribution in [0.4, 0.5) is 0 Å². The van der Waals surface area contributed by atoms with Gasteiger partial charge in [0.1, 0.15) is 0 Å². The second-order valence-corrected chi connectivity index (χ2v) is 6.47. The molecule has 0 heterocycles. The SMILES string of the molecule is CC1=C(c2ccccc2C(C)NC(C)(C)C)CC=C1. The van der Waals surface area contributed by atoms with E-state index in [2.05, 4.69) is 76.4 Å². The van der Waals surface area contributed by atoms with Crippen molar-refractivity contribution in [3.8, 4) is 0 Å². The molecule has 1 heteroatoms. The Kier molecular flexibility index (Phi) is 3.96. The van der Waals surface area contributed by atoms with E-state index in [0.717, 1.165) is 6.42 Å². The van der Waals surface area contributed by atoms with E-state index in [9.17, 15) is 0 Å². The van der Waals surface area contributed by atoms with Gasteiger partial charge in [-0.3, -0.25) is 0 Å². The lowest BCUT2D eigenvalue weighted by Gasteiger charge is -2.28. The second-order valence-electron chi connectivity index (χ2n) is 6.47. The van der Waals surface area contributed by atoms with Crippen LogP contribution in [-0.2, 0) is 0 Å². The third-order valence-corrected chi connectivity index (χ3v) is 3.57. The molecule has 1 unspecified atom stereocenters. The van der Waals surface area contributed by atoms with Gasteiger partial charge >= 0.3 is 0 Å². The maximum Gasteiger partial charge on any atom is 0.0302 e. The molecule has 0 saturated carbocycles. The average molecular weight is 255 g/mol. The highest BCUT2D eigenvalue weighted by atomic mass is 15.0.